The number of aryl methyl sites for hydroxylation is 1. The Morgan fingerprint density at radius 3 is 2.47 bits per heavy atom. The first-order valence-corrected chi connectivity index (χ1v) is 5.72. The van der Waals surface area contributed by atoms with Crippen LogP contribution in [0.2, 0.25) is 0 Å². The standard InChI is InChI=1S/C14H15NO4/c1-9-6-13(19-8-9)14(16)15-10-4-5-11(17-2)12(7-10)18-3/h4-8H,1-3H3,(H,15,16). The van der Waals surface area contributed by atoms with Crippen LogP contribution in [0.5, 0.6) is 11.5 Å². The highest BCUT2D eigenvalue weighted by Gasteiger charge is 2.12. The van der Waals surface area contributed by atoms with E-state index in [4.69, 9.17) is 13.9 Å². The van der Waals surface area contributed by atoms with Gasteiger partial charge in [0.05, 0.1) is 20.5 Å². The molecule has 0 unspecified atom stereocenters. The van der Waals surface area contributed by atoms with Gasteiger partial charge in [-0.3, -0.25) is 4.79 Å². The first-order chi connectivity index (χ1) is 9.13. The molecule has 1 N–H and O–H groups in total. The molecule has 5 heteroatoms. The molecule has 1 heterocycles. The van der Waals surface area contributed by atoms with Gasteiger partial charge in [-0.25, -0.2) is 0 Å². The van der Waals surface area contributed by atoms with Crippen molar-refractivity contribution in [2.45, 2.75) is 6.92 Å². The van der Waals surface area contributed by atoms with Crippen LogP contribution < -0.4 is 14.8 Å². The summed E-state index contributed by atoms with van der Waals surface area (Å²) in [5, 5.41) is 2.73. The summed E-state index contributed by atoms with van der Waals surface area (Å²) in [6.45, 7) is 1.86. The summed E-state index contributed by atoms with van der Waals surface area (Å²) in [4.78, 5) is 11.9. The second-order valence-electron chi connectivity index (χ2n) is 4.01. The first kappa shape index (κ1) is 13.0. The van der Waals surface area contributed by atoms with Gasteiger partial charge in [-0.15, -0.1) is 0 Å². The Balaban J connectivity index is 2.17. The van der Waals surface area contributed by atoms with E-state index in [1.807, 2.05) is 6.92 Å². The number of hydrogen-bond acceptors (Lipinski definition) is 4. The van der Waals surface area contributed by atoms with E-state index in [-0.39, 0.29) is 11.7 Å². The highest BCUT2D eigenvalue weighted by Crippen LogP contribution is 2.29. The highest BCUT2D eigenvalue weighted by molar-refractivity contribution is 6.02. The molecule has 2 rings (SSSR count). The molecule has 1 aromatic heterocycles. The third kappa shape index (κ3) is 2.88. The Morgan fingerprint density at radius 2 is 1.89 bits per heavy atom. The summed E-state index contributed by atoms with van der Waals surface area (Å²) < 4.78 is 15.4. The van der Waals surface area contributed by atoms with Crippen molar-refractivity contribution in [3.8, 4) is 11.5 Å². The number of carbonyl (C=O) groups is 1. The van der Waals surface area contributed by atoms with E-state index in [1.54, 1.807) is 38.5 Å². The van der Waals surface area contributed by atoms with Gasteiger partial charge in [0.2, 0.25) is 0 Å². The van der Waals surface area contributed by atoms with Crippen molar-refractivity contribution in [1.82, 2.24) is 0 Å². The quantitative estimate of drug-likeness (QED) is 0.919. The molecule has 5 nitrogen and oxygen atoms in total. The summed E-state index contributed by atoms with van der Waals surface area (Å²) in [5.74, 6) is 1.12. The molecule has 0 radical (unpaired) electrons. The van der Waals surface area contributed by atoms with Gasteiger partial charge in [-0.1, -0.05) is 0 Å². The van der Waals surface area contributed by atoms with Crippen molar-refractivity contribution in [1.29, 1.82) is 0 Å². The zero-order valence-corrected chi connectivity index (χ0v) is 11.0. The highest BCUT2D eigenvalue weighted by atomic mass is 16.5. The average molecular weight is 261 g/mol. The number of anilines is 1. The number of methoxy groups -OCH3 is 2. The van der Waals surface area contributed by atoms with Crippen LogP contribution in [0, 0.1) is 6.92 Å². The summed E-state index contributed by atoms with van der Waals surface area (Å²) in [6, 6.07) is 6.82. The Labute approximate surface area is 111 Å². The summed E-state index contributed by atoms with van der Waals surface area (Å²) >= 11 is 0. The number of nitrogens with one attached hydrogen (secondary N) is 1. The number of ether oxygens (including phenoxy) is 2. The summed E-state index contributed by atoms with van der Waals surface area (Å²) in [5.41, 5.74) is 1.51. The number of carbonyl (C=O) groups excluding carboxylic acids is 1. The predicted octanol–water partition coefficient (Wildman–Crippen LogP) is 2.86. The molecular weight excluding hydrogens is 246 g/mol. The summed E-state index contributed by atoms with van der Waals surface area (Å²) in [6.07, 6.45) is 1.53. The van der Waals surface area contributed by atoms with Gasteiger partial charge in [0.1, 0.15) is 0 Å². The largest absolute Gasteiger partial charge is 0.493 e. The first-order valence-electron chi connectivity index (χ1n) is 5.72. The molecule has 1 aromatic carbocycles. The molecule has 0 aliphatic rings. The Kier molecular flexibility index (Phi) is 3.75. The number of amides is 1. The van der Waals surface area contributed by atoms with E-state index in [9.17, 15) is 4.79 Å². The Bertz CT molecular complexity index is 589. The van der Waals surface area contributed by atoms with Crippen LogP contribution in [0.15, 0.2) is 34.9 Å². The minimum absolute atomic E-state index is 0.271. The number of furan rings is 1. The molecule has 100 valence electrons. The van der Waals surface area contributed by atoms with Crippen molar-refractivity contribution in [3.63, 3.8) is 0 Å². The van der Waals surface area contributed by atoms with E-state index in [0.717, 1.165) is 5.56 Å². The lowest BCUT2D eigenvalue weighted by atomic mass is 10.2. The van der Waals surface area contributed by atoms with E-state index in [1.165, 1.54) is 6.26 Å². The smallest absolute Gasteiger partial charge is 0.291 e. The van der Waals surface area contributed by atoms with Crippen LogP contribution in [-0.4, -0.2) is 20.1 Å². The van der Waals surface area contributed by atoms with Crippen LogP contribution >= 0.6 is 0 Å². The molecule has 0 fully saturated rings. The van der Waals surface area contributed by atoms with Gasteiger partial charge in [-0.2, -0.15) is 0 Å². The van der Waals surface area contributed by atoms with E-state index >= 15 is 0 Å². The molecular formula is C14H15NO4. The molecule has 0 aliphatic carbocycles. The zero-order chi connectivity index (χ0) is 13.8. The molecule has 19 heavy (non-hydrogen) atoms. The van der Waals surface area contributed by atoms with Crippen LogP contribution in [-0.2, 0) is 0 Å². The zero-order valence-electron chi connectivity index (χ0n) is 11.0. The van der Waals surface area contributed by atoms with Gasteiger partial charge >= 0.3 is 0 Å². The third-order valence-electron chi connectivity index (χ3n) is 2.60. The van der Waals surface area contributed by atoms with Crippen LogP contribution in [0.1, 0.15) is 16.1 Å². The fourth-order valence-electron chi connectivity index (χ4n) is 1.66. The average Bonchev–Trinajstić information content (AvgIpc) is 2.85. The van der Waals surface area contributed by atoms with Crippen LogP contribution in [0.3, 0.4) is 0 Å². The van der Waals surface area contributed by atoms with Crippen molar-refractivity contribution < 1.29 is 18.7 Å². The fraction of sp³-hybridized carbons (Fsp3) is 0.214. The monoisotopic (exact) mass is 261 g/mol. The predicted molar refractivity (Wildman–Crippen MR) is 70.9 cm³/mol. The van der Waals surface area contributed by atoms with Gasteiger partial charge in [-0.05, 0) is 30.7 Å². The molecule has 0 saturated heterocycles. The molecule has 0 aliphatic heterocycles. The van der Waals surface area contributed by atoms with Gasteiger partial charge in [0.25, 0.3) is 5.91 Å². The maximum atomic E-state index is 11.9. The van der Waals surface area contributed by atoms with E-state index in [2.05, 4.69) is 5.32 Å². The van der Waals surface area contributed by atoms with Gasteiger partial charge < -0.3 is 19.2 Å². The third-order valence-corrected chi connectivity index (χ3v) is 2.60. The van der Waals surface area contributed by atoms with E-state index < -0.39 is 0 Å². The normalized spacial score (nSPS) is 10.1. The lowest BCUT2D eigenvalue weighted by molar-refractivity contribution is 0.0996. The summed E-state index contributed by atoms with van der Waals surface area (Å²) in [7, 11) is 3.10. The lowest BCUT2D eigenvalue weighted by Crippen LogP contribution is -2.10. The molecule has 2 aromatic rings. The molecule has 0 atom stereocenters. The maximum Gasteiger partial charge on any atom is 0.291 e. The van der Waals surface area contributed by atoms with E-state index in [0.29, 0.717) is 17.2 Å². The van der Waals surface area contributed by atoms with Crippen molar-refractivity contribution in [2.24, 2.45) is 0 Å². The van der Waals surface area contributed by atoms with Crippen molar-refractivity contribution in [3.05, 3.63) is 41.9 Å². The number of rotatable bonds is 4. The fourth-order valence-corrected chi connectivity index (χ4v) is 1.66. The second-order valence-corrected chi connectivity index (χ2v) is 4.01. The lowest BCUT2D eigenvalue weighted by Gasteiger charge is -2.09. The molecule has 0 spiro atoms. The molecule has 1 amide bonds. The van der Waals surface area contributed by atoms with Crippen LogP contribution in [0.25, 0.3) is 0 Å². The Morgan fingerprint density at radius 1 is 1.16 bits per heavy atom. The Hall–Kier alpha value is -2.43. The number of hydrogen-bond donors (Lipinski definition) is 1. The minimum atomic E-state index is -0.305. The van der Waals surface area contributed by atoms with Crippen molar-refractivity contribution in [2.75, 3.05) is 19.5 Å². The maximum absolute atomic E-state index is 11.9. The molecule has 0 saturated carbocycles. The topological polar surface area (TPSA) is 60.7 Å². The van der Waals surface area contributed by atoms with Crippen molar-refractivity contribution >= 4 is 11.6 Å². The molecule has 0 bridgehead atoms. The van der Waals surface area contributed by atoms with Gasteiger partial charge in [0.15, 0.2) is 17.3 Å². The number of benzene rings is 1. The second kappa shape index (κ2) is 5.48. The minimum Gasteiger partial charge on any atom is -0.493 e. The van der Waals surface area contributed by atoms with Crippen LogP contribution in [0.4, 0.5) is 5.69 Å². The SMILES string of the molecule is COc1ccc(NC(=O)c2cc(C)co2)cc1OC. The van der Waals surface area contributed by atoms with Gasteiger partial charge in [0, 0.05) is 11.8 Å².